The molecule has 1 saturated heterocycles. The van der Waals surface area contributed by atoms with E-state index in [1.165, 1.54) is 5.06 Å². The molecule has 0 N–H and O–H groups in total. The van der Waals surface area contributed by atoms with Crippen molar-refractivity contribution in [2.24, 2.45) is 5.92 Å². The minimum absolute atomic E-state index is 0.163. The van der Waals surface area contributed by atoms with Crippen LogP contribution in [0.4, 0.5) is 0 Å². The minimum Gasteiger partial charge on any atom is -0.367 e. The maximum Gasteiger partial charge on any atom is 0.346 e. The second-order valence-corrected chi connectivity index (χ2v) is 7.19. The van der Waals surface area contributed by atoms with E-state index >= 15 is 0 Å². The molecule has 3 atom stereocenters. The van der Waals surface area contributed by atoms with Crippen molar-refractivity contribution in [2.75, 3.05) is 20.3 Å². The lowest BCUT2D eigenvalue weighted by molar-refractivity contribution is -0.170. The highest BCUT2D eigenvalue weighted by atomic mass is 31.2. The Morgan fingerprint density at radius 2 is 1.85 bits per heavy atom. The number of rotatable bonds is 8. The first-order chi connectivity index (χ1) is 9.41. The molecule has 1 aliphatic rings. The fourth-order valence-electron chi connectivity index (χ4n) is 2.76. The first kappa shape index (κ1) is 17.6. The number of carbonyl (C=O) groups excluding carboxylic acids is 1. The Balaban J connectivity index is 3.07. The molecule has 0 aromatic carbocycles. The molecule has 0 aromatic rings. The quantitative estimate of drug-likeness (QED) is 0.642. The van der Waals surface area contributed by atoms with Gasteiger partial charge in [0.1, 0.15) is 0 Å². The summed E-state index contributed by atoms with van der Waals surface area (Å²) in [6.07, 6.45) is 1.90. The lowest BCUT2D eigenvalue weighted by Gasteiger charge is -2.29. The number of carbonyl (C=O) groups is 1. The molecule has 20 heavy (non-hydrogen) atoms. The molecule has 1 unspecified atom stereocenters. The summed E-state index contributed by atoms with van der Waals surface area (Å²) in [7, 11) is -1.82. The summed E-state index contributed by atoms with van der Waals surface area (Å²) < 4.78 is 23.6. The number of hydrogen-bond acceptors (Lipinski definition) is 6. The highest BCUT2D eigenvalue weighted by Gasteiger charge is 2.56. The predicted octanol–water partition coefficient (Wildman–Crippen LogP) is 2.83. The van der Waals surface area contributed by atoms with Gasteiger partial charge < -0.3 is 13.9 Å². The van der Waals surface area contributed by atoms with Crippen LogP contribution < -0.4 is 0 Å². The van der Waals surface area contributed by atoms with Crippen molar-refractivity contribution in [1.82, 2.24) is 5.06 Å². The molecule has 118 valence electrons. The lowest BCUT2D eigenvalue weighted by atomic mass is 9.94. The van der Waals surface area contributed by atoms with Gasteiger partial charge in [-0.05, 0) is 26.2 Å². The van der Waals surface area contributed by atoms with Gasteiger partial charge in [0.15, 0.2) is 5.66 Å². The van der Waals surface area contributed by atoms with Crippen LogP contribution in [0, 0.1) is 5.92 Å². The molecule has 0 radical (unpaired) electrons. The van der Waals surface area contributed by atoms with Gasteiger partial charge in [0, 0.05) is 7.05 Å². The van der Waals surface area contributed by atoms with Crippen LogP contribution in [0.5, 0.6) is 0 Å². The number of nitrogens with zero attached hydrogens (tertiary/aromatic N) is 1. The SMILES string of the molecule is CCCC(C)[C@@H]1[C@@H](P(=O)(OCC)OCC)C(=O)ON1C. The third kappa shape index (κ3) is 3.61. The van der Waals surface area contributed by atoms with E-state index in [0.717, 1.165) is 12.8 Å². The van der Waals surface area contributed by atoms with Gasteiger partial charge >= 0.3 is 13.6 Å². The molecular formula is C13H26NO5P. The van der Waals surface area contributed by atoms with Crippen molar-refractivity contribution >= 4 is 13.6 Å². The van der Waals surface area contributed by atoms with Gasteiger partial charge in [0.25, 0.3) is 0 Å². The van der Waals surface area contributed by atoms with E-state index in [4.69, 9.17) is 13.9 Å². The Hall–Kier alpha value is -0.420. The predicted molar refractivity (Wildman–Crippen MR) is 76.4 cm³/mol. The van der Waals surface area contributed by atoms with Crippen LogP contribution in [0.2, 0.25) is 0 Å². The normalized spacial score (nSPS) is 25.8. The molecule has 0 spiro atoms. The fourth-order valence-corrected chi connectivity index (χ4v) is 5.04. The maximum atomic E-state index is 12.9. The second-order valence-electron chi connectivity index (χ2n) is 5.03. The summed E-state index contributed by atoms with van der Waals surface area (Å²) in [5, 5.41) is 1.50. The van der Waals surface area contributed by atoms with Gasteiger partial charge in [-0.2, -0.15) is 0 Å². The molecule has 1 heterocycles. The van der Waals surface area contributed by atoms with Crippen LogP contribution in [-0.4, -0.2) is 43.0 Å². The first-order valence-corrected chi connectivity index (χ1v) is 8.85. The van der Waals surface area contributed by atoms with Gasteiger partial charge in [-0.1, -0.05) is 20.3 Å². The summed E-state index contributed by atoms with van der Waals surface area (Å²) in [5.74, 6) is -0.360. The molecule has 0 bridgehead atoms. The Bertz CT molecular complexity index is 366. The highest BCUT2D eigenvalue weighted by molar-refractivity contribution is 7.55. The van der Waals surface area contributed by atoms with Gasteiger partial charge in [-0.25, -0.2) is 4.79 Å². The molecule has 0 amide bonds. The molecule has 1 rings (SSSR count). The van der Waals surface area contributed by atoms with Crippen molar-refractivity contribution in [2.45, 2.75) is 52.2 Å². The largest absolute Gasteiger partial charge is 0.367 e. The summed E-state index contributed by atoms with van der Waals surface area (Å²) in [6.45, 7) is 8.05. The Morgan fingerprint density at radius 3 is 2.30 bits per heavy atom. The highest BCUT2D eigenvalue weighted by Crippen LogP contribution is 2.57. The first-order valence-electron chi connectivity index (χ1n) is 7.24. The summed E-state index contributed by atoms with van der Waals surface area (Å²) in [5.41, 5.74) is -0.867. The molecular weight excluding hydrogens is 281 g/mol. The summed E-state index contributed by atoms with van der Waals surface area (Å²) in [4.78, 5) is 17.3. The van der Waals surface area contributed by atoms with Crippen LogP contribution in [-0.2, 0) is 23.2 Å². The Labute approximate surface area is 121 Å². The molecule has 0 aliphatic carbocycles. The average Bonchev–Trinajstić information content (AvgIpc) is 2.65. The van der Waals surface area contributed by atoms with Crippen LogP contribution in [0.15, 0.2) is 0 Å². The maximum absolute atomic E-state index is 12.9. The van der Waals surface area contributed by atoms with E-state index in [-0.39, 0.29) is 25.2 Å². The van der Waals surface area contributed by atoms with Crippen molar-refractivity contribution in [3.63, 3.8) is 0 Å². The lowest BCUT2D eigenvalue weighted by Crippen LogP contribution is -2.39. The van der Waals surface area contributed by atoms with Crippen molar-refractivity contribution < 1.29 is 23.2 Å². The van der Waals surface area contributed by atoms with E-state index in [1.807, 2.05) is 6.92 Å². The fraction of sp³-hybridized carbons (Fsp3) is 0.923. The smallest absolute Gasteiger partial charge is 0.346 e. The van der Waals surface area contributed by atoms with E-state index in [9.17, 15) is 9.36 Å². The topological polar surface area (TPSA) is 65.1 Å². The van der Waals surface area contributed by atoms with Crippen molar-refractivity contribution in [3.8, 4) is 0 Å². The van der Waals surface area contributed by atoms with Crippen LogP contribution in [0.3, 0.4) is 0 Å². The van der Waals surface area contributed by atoms with E-state index in [2.05, 4.69) is 6.92 Å². The summed E-state index contributed by atoms with van der Waals surface area (Å²) in [6, 6.07) is -0.286. The van der Waals surface area contributed by atoms with E-state index in [0.29, 0.717) is 0 Å². The van der Waals surface area contributed by atoms with Crippen molar-refractivity contribution in [1.29, 1.82) is 0 Å². The van der Waals surface area contributed by atoms with Crippen LogP contribution in [0.1, 0.15) is 40.5 Å². The molecule has 0 aromatic heterocycles. The molecule has 1 fully saturated rings. The van der Waals surface area contributed by atoms with Gasteiger partial charge in [-0.3, -0.25) is 4.57 Å². The van der Waals surface area contributed by atoms with Crippen LogP contribution in [0.25, 0.3) is 0 Å². The number of hydrogen-bond donors (Lipinski definition) is 0. The van der Waals surface area contributed by atoms with Gasteiger partial charge in [0.05, 0.1) is 19.3 Å². The van der Waals surface area contributed by atoms with E-state index in [1.54, 1.807) is 20.9 Å². The standard InChI is InChI=1S/C13H26NO5P/c1-6-9-10(4)11-12(13(15)19-14(11)5)20(16,17-7-2)18-8-3/h10-12H,6-9H2,1-5H3/t10?,11-,12-/m1/s1. The zero-order valence-electron chi connectivity index (χ0n) is 13.0. The Kier molecular flexibility index (Phi) is 6.65. The zero-order chi connectivity index (χ0) is 15.3. The zero-order valence-corrected chi connectivity index (χ0v) is 13.9. The molecule has 1 aliphatic heterocycles. The summed E-state index contributed by atoms with van der Waals surface area (Å²) >= 11 is 0. The average molecular weight is 307 g/mol. The monoisotopic (exact) mass is 307 g/mol. The third-order valence-corrected chi connectivity index (χ3v) is 5.94. The molecule has 7 heteroatoms. The molecule has 6 nitrogen and oxygen atoms in total. The second kappa shape index (κ2) is 7.55. The van der Waals surface area contributed by atoms with Crippen molar-refractivity contribution in [3.05, 3.63) is 0 Å². The van der Waals surface area contributed by atoms with Crippen LogP contribution >= 0.6 is 7.60 Å². The third-order valence-electron chi connectivity index (χ3n) is 3.50. The van der Waals surface area contributed by atoms with Gasteiger partial charge in [0.2, 0.25) is 0 Å². The Morgan fingerprint density at radius 1 is 1.30 bits per heavy atom. The molecule has 0 saturated carbocycles. The number of hydroxylamine groups is 2. The van der Waals surface area contributed by atoms with Gasteiger partial charge in [-0.15, -0.1) is 5.06 Å². The van der Waals surface area contributed by atoms with E-state index < -0.39 is 19.2 Å². The minimum atomic E-state index is -3.51.